The Kier molecular flexibility index (Phi) is 4.55. The van der Waals surface area contributed by atoms with Gasteiger partial charge in [0, 0.05) is 54.8 Å². The fourth-order valence-electron chi connectivity index (χ4n) is 5.13. The first kappa shape index (κ1) is 20.4. The average molecular weight is 447 g/mol. The number of phenols is 1. The van der Waals surface area contributed by atoms with E-state index in [1.807, 2.05) is 12.3 Å². The Morgan fingerprint density at radius 1 is 1.12 bits per heavy atom. The van der Waals surface area contributed by atoms with Gasteiger partial charge in [0.1, 0.15) is 5.52 Å². The molecule has 6 rings (SSSR count). The molecule has 4 heterocycles. The summed E-state index contributed by atoms with van der Waals surface area (Å²) >= 11 is 0. The number of nitrogens with one attached hydrogen (secondary N) is 1. The summed E-state index contributed by atoms with van der Waals surface area (Å²) in [5.74, 6) is -0.695. The van der Waals surface area contributed by atoms with Crippen LogP contribution < -0.4 is 10.2 Å². The Hall–Kier alpha value is -3.26. The number of aromatic hydroxyl groups is 1. The van der Waals surface area contributed by atoms with E-state index in [0.29, 0.717) is 40.3 Å². The number of halogens is 1. The van der Waals surface area contributed by atoms with Crippen molar-refractivity contribution in [3.05, 3.63) is 42.0 Å². The fourth-order valence-corrected chi connectivity index (χ4v) is 5.13. The van der Waals surface area contributed by atoms with Gasteiger partial charge >= 0.3 is 0 Å². The summed E-state index contributed by atoms with van der Waals surface area (Å²) in [6, 6.07) is 6.78. The van der Waals surface area contributed by atoms with E-state index in [9.17, 15) is 9.50 Å². The maximum Gasteiger partial charge on any atom is 0.193 e. The van der Waals surface area contributed by atoms with Crippen molar-refractivity contribution in [1.82, 2.24) is 25.1 Å². The molecule has 8 heteroatoms. The summed E-state index contributed by atoms with van der Waals surface area (Å²) in [4.78, 5) is 11.8. The topological polar surface area (TPSA) is 79.1 Å². The molecule has 170 valence electrons. The minimum absolute atomic E-state index is 0.157. The van der Waals surface area contributed by atoms with Crippen molar-refractivity contribution in [3.63, 3.8) is 0 Å². The fraction of sp³-hybridized carbons (Fsp3) is 0.400. The third kappa shape index (κ3) is 3.49. The molecule has 2 unspecified atom stereocenters. The molecule has 0 spiro atoms. The van der Waals surface area contributed by atoms with Crippen LogP contribution in [0, 0.1) is 5.82 Å². The van der Waals surface area contributed by atoms with E-state index in [1.165, 1.54) is 5.56 Å². The minimum Gasteiger partial charge on any atom is -0.504 e. The van der Waals surface area contributed by atoms with Gasteiger partial charge < -0.3 is 15.3 Å². The third-order valence-corrected chi connectivity index (χ3v) is 6.73. The summed E-state index contributed by atoms with van der Waals surface area (Å²) in [5, 5.41) is 20.0. The van der Waals surface area contributed by atoms with Crippen molar-refractivity contribution >= 4 is 27.6 Å². The van der Waals surface area contributed by atoms with Crippen molar-refractivity contribution in [2.45, 2.75) is 44.7 Å². The van der Waals surface area contributed by atoms with E-state index in [-0.39, 0.29) is 5.52 Å². The lowest BCUT2D eigenvalue weighted by Gasteiger charge is -2.37. The zero-order valence-electron chi connectivity index (χ0n) is 19.0. The van der Waals surface area contributed by atoms with E-state index in [4.69, 9.17) is 9.97 Å². The summed E-state index contributed by atoms with van der Waals surface area (Å²) < 4.78 is 16.4. The second kappa shape index (κ2) is 7.38. The lowest BCUT2D eigenvalue weighted by atomic mass is 10.0. The van der Waals surface area contributed by atoms with Gasteiger partial charge in [-0.05, 0) is 56.4 Å². The highest BCUT2D eigenvalue weighted by Gasteiger charge is 2.29. The molecule has 0 amide bonds. The smallest absolute Gasteiger partial charge is 0.193 e. The van der Waals surface area contributed by atoms with E-state index < -0.39 is 11.6 Å². The van der Waals surface area contributed by atoms with Crippen LogP contribution in [-0.4, -0.2) is 50.0 Å². The molecule has 33 heavy (non-hydrogen) atoms. The maximum absolute atomic E-state index is 14.9. The normalized spacial score (nSPS) is 21.3. The first-order chi connectivity index (χ1) is 15.9. The second-order valence-electron chi connectivity index (χ2n) is 9.64. The molecule has 7 nitrogen and oxygen atoms in total. The lowest BCUT2D eigenvalue weighted by molar-refractivity contribution is 0.407. The van der Waals surface area contributed by atoms with E-state index >= 15 is 0 Å². The number of benzene rings is 1. The molecule has 3 aromatic heterocycles. The molecule has 4 aromatic rings. The number of aryl methyl sites for hydroxylation is 1. The number of hydrogen-bond donors (Lipinski definition) is 2. The quantitative estimate of drug-likeness (QED) is 0.494. The Labute approximate surface area is 191 Å². The third-order valence-electron chi connectivity index (χ3n) is 6.73. The number of nitrogens with zero attached hydrogens (tertiary/aromatic N) is 5. The molecule has 1 aliphatic heterocycles. The summed E-state index contributed by atoms with van der Waals surface area (Å²) in [6.45, 7) is 6.26. The Bertz CT molecular complexity index is 1390. The van der Waals surface area contributed by atoms with Gasteiger partial charge in [-0.2, -0.15) is 5.10 Å². The first-order valence-electron chi connectivity index (χ1n) is 11.5. The van der Waals surface area contributed by atoms with Gasteiger partial charge in [-0.15, -0.1) is 0 Å². The molecule has 1 saturated carbocycles. The minimum atomic E-state index is -0.719. The molecule has 2 fully saturated rings. The van der Waals surface area contributed by atoms with Crippen molar-refractivity contribution in [2.75, 3.05) is 18.0 Å². The highest BCUT2D eigenvalue weighted by molar-refractivity contribution is 5.91. The number of rotatable bonds is 3. The Morgan fingerprint density at radius 2 is 1.88 bits per heavy atom. The predicted molar refractivity (Wildman–Crippen MR) is 127 cm³/mol. The van der Waals surface area contributed by atoms with Gasteiger partial charge in [-0.1, -0.05) is 0 Å². The summed E-state index contributed by atoms with van der Waals surface area (Å²) in [5.41, 5.74) is 3.96. The Morgan fingerprint density at radius 3 is 2.61 bits per heavy atom. The highest BCUT2D eigenvalue weighted by Crippen LogP contribution is 2.45. The van der Waals surface area contributed by atoms with Crippen molar-refractivity contribution < 1.29 is 9.50 Å². The monoisotopic (exact) mass is 446 g/mol. The van der Waals surface area contributed by atoms with Gasteiger partial charge in [0.2, 0.25) is 0 Å². The highest BCUT2D eigenvalue weighted by atomic mass is 19.1. The van der Waals surface area contributed by atoms with Crippen LogP contribution in [0.2, 0.25) is 0 Å². The molecule has 2 N–H and O–H groups in total. The maximum atomic E-state index is 14.9. The van der Waals surface area contributed by atoms with Crippen LogP contribution in [0.3, 0.4) is 0 Å². The molecule has 1 aliphatic carbocycles. The lowest BCUT2D eigenvalue weighted by Crippen LogP contribution is -2.54. The first-order valence-corrected chi connectivity index (χ1v) is 11.5. The number of aromatic nitrogens is 4. The molecule has 2 aliphatic rings. The summed E-state index contributed by atoms with van der Waals surface area (Å²) in [7, 11) is 1.73. The molecule has 1 saturated heterocycles. The van der Waals surface area contributed by atoms with Gasteiger partial charge in [0.05, 0.1) is 17.6 Å². The number of fused-ring (bicyclic) bond motifs is 2. The van der Waals surface area contributed by atoms with Crippen LogP contribution in [-0.2, 0) is 7.05 Å². The van der Waals surface area contributed by atoms with Gasteiger partial charge in [0.15, 0.2) is 17.2 Å². The number of piperazine rings is 1. The van der Waals surface area contributed by atoms with Crippen molar-refractivity contribution in [2.24, 2.45) is 7.05 Å². The van der Waals surface area contributed by atoms with Crippen LogP contribution in [0.1, 0.15) is 38.2 Å². The van der Waals surface area contributed by atoms with Gasteiger partial charge in [-0.25, -0.2) is 14.4 Å². The van der Waals surface area contributed by atoms with Crippen molar-refractivity contribution in [3.8, 4) is 17.0 Å². The van der Waals surface area contributed by atoms with Crippen LogP contribution >= 0.6 is 0 Å². The standard InChI is InChI=1S/C25H27FN6O/c1-13-10-32(11-14(2)28-13)17-7-19-18(15-4-5-15)8-21(29-25(19)27-9-17)20-6-16-12-31(3)30-23(16)22(26)24(20)33/h6-9,12-15,28,33H,4-5,10-11H2,1-3H3. The Balaban J connectivity index is 1.49. The van der Waals surface area contributed by atoms with Crippen LogP contribution in [0.4, 0.5) is 10.1 Å². The molecule has 0 radical (unpaired) electrons. The summed E-state index contributed by atoms with van der Waals surface area (Å²) in [6.07, 6.45) is 5.86. The number of pyridine rings is 2. The molecular formula is C25H27FN6O. The van der Waals surface area contributed by atoms with Crippen molar-refractivity contribution in [1.29, 1.82) is 0 Å². The van der Waals surface area contributed by atoms with E-state index in [2.05, 4.69) is 35.2 Å². The zero-order valence-corrected chi connectivity index (χ0v) is 19.0. The SMILES string of the molecule is CC1CN(c2cnc3nc(-c4cc5cn(C)nc5c(F)c4O)cc(C4CC4)c3c2)CC(C)N1. The van der Waals surface area contributed by atoms with Crippen LogP contribution in [0.25, 0.3) is 33.2 Å². The molecular weight excluding hydrogens is 419 g/mol. The van der Waals surface area contributed by atoms with E-state index in [1.54, 1.807) is 24.0 Å². The van der Waals surface area contributed by atoms with Crippen LogP contribution in [0.5, 0.6) is 5.75 Å². The van der Waals surface area contributed by atoms with Gasteiger partial charge in [-0.3, -0.25) is 4.68 Å². The molecule has 0 bridgehead atoms. The number of anilines is 1. The van der Waals surface area contributed by atoms with Crippen LogP contribution in [0.15, 0.2) is 30.6 Å². The molecule has 2 atom stereocenters. The molecule has 1 aromatic carbocycles. The average Bonchev–Trinajstić information content (AvgIpc) is 3.56. The van der Waals surface area contributed by atoms with E-state index in [0.717, 1.165) is 37.0 Å². The number of phenolic OH excluding ortho intramolecular Hbond substituents is 1. The largest absolute Gasteiger partial charge is 0.504 e. The zero-order chi connectivity index (χ0) is 22.9. The predicted octanol–water partition coefficient (Wildman–Crippen LogP) is 4.09. The second-order valence-corrected chi connectivity index (χ2v) is 9.64. The number of hydrogen-bond acceptors (Lipinski definition) is 6. The van der Waals surface area contributed by atoms with Gasteiger partial charge in [0.25, 0.3) is 0 Å².